The topological polar surface area (TPSA) is 66.8 Å². The van der Waals surface area contributed by atoms with Crippen LogP contribution in [0.1, 0.15) is 26.2 Å². The fourth-order valence-electron chi connectivity index (χ4n) is 2.54. The van der Waals surface area contributed by atoms with Gasteiger partial charge in [0.1, 0.15) is 11.6 Å². The summed E-state index contributed by atoms with van der Waals surface area (Å²) in [6, 6.07) is 5.16. The lowest BCUT2D eigenvalue weighted by Crippen LogP contribution is -2.43. The van der Waals surface area contributed by atoms with Crippen LogP contribution in [0.25, 0.3) is 0 Å². The molecule has 1 amide bonds. The van der Waals surface area contributed by atoms with Crippen molar-refractivity contribution in [2.45, 2.75) is 38.3 Å². The summed E-state index contributed by atoms with van der Waals surface area (Å²) in [5, 5.41) is 8.87. The maximum absolute atomic E-state index is 12.8. The molecule has 0 radical (unpaired) electrons. The van der Waals surface area contributed by atoms with Crippen LogP contribution in [0.4, 0.5) is 4.39 Å². The van der Waals surface area contributed by atoms with E-state index in [0.717, 1.165) is 6.42 Å². The summed E-state index contributed by atoms with van der Waals surface area (Å²) in [4.78, 5) is 24.7. The van der Waals surface area contributed by atoms with Crippen LogP contribution in [0.15, 0.2) is 24.3 Å². The molecule has 0 spiro atoms. The first-order valence-electron chi connectivity index (χ1n) is 6.92. The van der Waals surface area contributed by atoms with Gasteiger partial charge in [-0.2, -0.15) is 0 Å². The number of likely N-dealkylation sites (tertiary alicyclic amines) is 1. The Labute approximate surface area is 122 Å². The normalized spacial score (nSPS) is 19.3. The maximum atomic E-state index is 12.8. The van der Waals surface area contributed by atoms with Gasteiger partial charge in [0.2, 0.25) is 0 Å². The lowest BCUT2D eigenvalue weighted by atomic mass is 10.1. The Morgan fingerprint density at radius 2 is 2.10 bits per heavy atom. The number of ether oxygens (including phenoxy) is 1. The summed E-state index contributed by atoms with van der Waals surface area (Å²) in [7, 11) is 0. The molecule has 1 heterocycles. The number of amides is 1. The second-order valence-electron chi connectivity index (χ2n) is 5.14. The van der Waals surface area contributed by atoms with Crippen molar-refractivity contribution in [1.29, 1.82) is 0 Å². The Kier molecular flexibility index (Phi) is 4.77. The summed E-state index contributed by atoms with van der Waals surface area (Å²) in [5.41, 5.74) is 0. The average Bonchev–Trinajstić information content (AvgIpc) is 2.87. The van der Waals surface area contributed by atoms with E-state index < -0.39 is 12.1 Å². The molecule has 1 aliphatic rings. The molecule has 114 valence electrons. The molecule has 1 saturated heterocycles. The molecule has 1 fully saturated rings. The standard InChI is InChI=1S/C15H18FNO4/c1-10(21-13-6-4-11(16)5-7-13)15(20)17-8-2-3-12(17)9-14(18)19/h4-7,10,12H,2-3,8-9H2,1H3,(H,18,19). The van der Waals surface area contributed by atoms with E-state index in [1.54, 1.807) is 11.8 Å². The molecule has 21 heavy (non-hydrogen) atoms. The third kappa shape index (κ3) is 3.93. The number of carbonyl (C=O) groups is 2. The van der Waals surface area contributed by atoms with Gasteiger partial charge in [0.15, 0.2) is 6.10 Å². The van der Waals surface area contributed by atoms with Gasteiger partial charge in [0, 0.05) is 12.6 Å². The Balaban J connectivity index is 1.98. The van der Waals surface area contributed by atoms with Crippen LogP contribution in [-0.4, -0.2) is 40.6 Å². The number of nitrogens with zero attached hydrogens (tertiary/aromatic N) is 1. The largest absolute Gasteiger partial charge is 0.481 e. The van der Waals surface area contributed by atoms with Crippen LogP contribution >= 0.6 is 0 Å². The number of carboxylic acids is 1. The fourth-order valence-corrected chi connectivity index (χ4v) is 2.54. The summed E-state index contributed by atoms with van der Waals surface area (Å²) in [5.74, 6) is -1.11. The third-order valence-corrected chi connectivity index (χ3v) is 3.54. The number of carboxylic acid groups (broad SMARTS) is 1. The van der Waals surface area contributed by atoms with Gasteiger partial charge in [0.25, 0.3) is 5.91 Å². The van der Waals surface area contributed by atoms with Crippen LogP contribution in [0, 0.1) is 5.82 Å². The highest BCUT2D eigenvalue weighted by Gasteiger charge is 2.33. The summed E-state index contributed by atoms with van der Waals surface area (Å²) >= 11 is 0. The maximum Gasteiger partial charge on any atom is 0.305 e. The summed E-state index contributed by atoms with van der Waals surface area (Å²) in [6.07, 6.45) is 0.716. The molecule has 0 bridgehead atoms. The smallest absolute Gasteiger partial charge is 0.305 e. The number of rotatable bonds is 5. The van der Waals surface area contributed by atoms with Crippen molar-refractivity contribution >= 4 is 11.9 Å². The molecular formula is C15H18FNO4. The number of halogens is 1. The van der Waals surface area contributed by atoms with E-state index in [0.29, 0.717) is 18.7 Å². The zero-order valence-corrected chi connectivity index (χ0v) is 11.8. The van der Waals surface area contributed by atoms with Gasteiger partial charge >= 0.3 is 5.97 Å². The predicted octanol–water partition coefficient (Wildman–Crippen LogP) is 2.06. The first-order chi connectivity index (χ1) is 9.97. The van der Waals surface area contributed by atoms with Crippen molar-refractivity contribution in [1.82, 2.24) is 4.90 Å². The monoisotopic (exact) mass is 295 g/mol. The second-order valence-corrected chi connectivity index (χ2v) is 5.14. The van der Waals surface area contributed by atoms with E-state index in [4.69, 9.17) is 9.84 Å². The molecule has 0 aromatic heterocycles. The van der Waals surface area contributed by atoms with Crippen LogP contribution in [0.5, 0.6) is 5.75 Å². The molecule has 1 aromatic rings. The highest BCUT2D eigenvalue weighted by atomic mass is 19.1. The van der Waals surface area contributed by atoms with E-state index in [1.807, 2.05) is 0 Å². The summed E-state index contributed by atoms with van der Waals surface area (Å²) in [6.45, 7) is 2.16. The van der Waals surface area contributed by atoms with Gasteiger partial charge in [-0.3, -0.25) is 9.59 Å². The number of hydrogen-bond acceptors (Lipinski definition) is 3. The number of hydrogen-bond donors (Lipinski definition) is 1. The van der Waals surface area contributed by atoms with E-state index in [1.165, 1.54) is 24.3 Å². The molecule has 1 aliphatic heterocycles. The number of carbonyl (C=O) groups excluding carboxylic acids is 1. The Morgan fingerprint density at radius 1 is 1.43 bits per heavy atom. The van der Waals surface area contributed by atoms with Crippen LogP contribution in [0.3, 0.4) is 0 Å². The highest BCUT2D eigenvalue weighted by molar-refractivity contribution is 5.82. The molecule has 2 unspecified atom stereocenters. The minimum absolute atomic E-state index is 0.0466. The van der Waals surface area contributed by atoms with Crippen LogP contribution in [-0.2, 0) is 9.59 Å². The van der Waals surface area contributed by atoms with Crippen molar-refractivity contribution in [3.8, 4) is 5.75 Å². The average molecular weight is 295 g/mol. The lowest BCUT2D eigenvalue weighted by Gasteiger charge is -2.26. The van der Waals surface area contributed by atoms with Crippen LogP contribution in [0.2, 0.25) is 0 Å². The lowest BCUT2D eigenvalue weighted by molar-refractivity contribution is -0.142. The van der Waals surface area contributed by atoms with Crippen molar-refractivity contribution in [2.24, 2.45) is 0 Å². The molecule has 2 atom stereocenters. The molecule has 1 N–H and O–H groups in total. The third-order valence-electron chi connectivity index (χ3n) is 3.54. The minimum Gasteiger partial charge on any atom is -0.481 e. The first-order valence-corrected chi connectivity index (χ1v) is 6.92. The molecule has 2 rings (SSSR count). The Hall–Kier alpha value is -2.11. The number of aliphatic carboxylic acids is 1. The first kappa shape index (κ1) is 15.3. The SMILES string of the molecule is CC(Oc1ccc(F)cc1)C(=O)N1CCCC1CC(=O)O. The second kappa shape index (κ2) is 6.56. The molecular weight excluding hydrogens is 277 g/mol. The molecule has 0 saturated carbocycles. The number of benzene rings is 1. The molecule has 5 nitrogen and oxygen atoms in total. The van der Waals surface area contributed by atoms with Gasteiger partial charge in [-0.05, 0) is 44.0 Å². The van der Waals surface area contributed by atoms with Gasteiger partial charge < -0.3 is 14.7 Å². The van der Waals surface area contributed by atoms with Gasteiger partial charge in [-0.1, -0.05) is 0 Å². The van der Waals surface area contributed by atoms with E-state index in [2.05, 4.69) is 0 Å². The Morgan fingerprint density at radius 3 is 2.71 bits per heavy atom. The van der Waals surface area contributed by atoms with Gasteiger partial charge in [-0.25, -0.2) is 4.39 Å². The zero-order chi connectivity index (χ0) is 15.4. The minimum atomic E-state index is -0.910. The predicted molar refractivity (Wildman–Crippen MR) is 73.5 cm³/mol. The Bertz CT molecular complexity index is 517. The zero-order valence-electron chi connectivity index (χ0n) is 11.8. The molecule has 1 aromatic carbocycles. The van der Waals surface area contributed by atoms with E-state index >= 15 is 0 Å². The molecule has 6 heteroatoms. The van der Waals surface area contributed by atoms with Crippen LogP contribution < -0.4 is 4.74 Å². The summed E-state index contributed by atoms with van der Waals surface area (Å²) < 4.78 is 18.3. The van der Waals surface area contributed by atoms with Crippen molar-refractivity contribution < 1.29 is 23.8 Å². The van der Waals surface area contributed by atoms with E-state index in [-0.39, 0.29) is 24.2 Å². The van der Waals surface area contributed by atoms with Crippen molar-refractivity contribution in [3.05, 3.63) is 30.1 Å². The fraction of sp³-hybridized carbons (Fsp3) is 0.467. The van der Waals surface area contributed by atoms with Gasteiger partial charge in [-0.15, -0.1) is 0 Å². The van der Waals surface area contributed by atoms with Crippen molar-refractivity contribution in [3.63, 3.8) is 0 Å². The van der Waals surface area contributed by atoms with Gasteiger partial charge in [0.05, 0.1) is 6.42 Å². The highest BCUT2D eigenvalue weighted by Crippen LogP contribution is 2.22. The van der Waals surface area contributed by atoms with E-state index in [9.17, 15) is 14.0 Å². The van der Waals surface area contributed by atoms with Crippen molar-refractivity contribution in [2.75, 3.05) is 6.54 Å². The quantitative estimate of drug-likeness (QED) is 0.903. The molecule has 0 aliphatic carbocycles.